The van der Waals surface area contributed by atoms with Crippen LogP contribution in [0.5, 0.6) is 5.75 Å². The van der Waals surface area contributed by atoms with Gasteiger partial charge in [-0.25, -0.2) is 4.79 Å². The summed E-state index contributed by atoms with van der Waals surface area (Å²) in [6, 6.07) is 1.63. The SMILES string of the molecule is CCOC(=O)C(O)c1c(O)cc(C)c2c1CCCC2. The van der Waals surface area contributed by atoms with E-state index in [4.69, 9.17) is 4.74 Å². The Balaban J connectivity index is 2.47. The maximum Gasteiger partial charge on any atom is 0.339 e. The fourth-order valence-electron chi connectivity index (χ4n) is 2.81. The van der Waals surface area contributed by atoms with Crippen molar-refractivity contribution < 1.29 is 19.7 Å². The van der Waals surface area contributed by atoms with Crippen molar-refractivity contribution >= 4 is 5.97 Å². The van der Waals surface area contributed by atoms with E-state index < -0.39 is 12.1 Å². The van der Waals surface area contributed by atoms with Crippen molar-refractivity contribution in [3.8, 4) is 5.75 Å². The third-order valence-electron chi connectivity index (χ3n) is 3.68. The van der Waals surface area contributed by atoms with Crippen molar-refractivity contribution in [3.63, 3.8) is 0 Å². The number of fused-ring (bicyclic) bond motifs is 1. The first-order valence-electron chi connectivity index (χ1n) is 6.75. The van der Waals surface area contributed by atoms with Gasteiger partial charge in [0.15, 0.2) is 6.10 Å². The van der Waals surface area contributed by atoms with E-state index in [1.165, 1.54) is 0 Å². The molecule has 1 atom stereocenters. The summed E-state index contributed by atoms with van der Waals surface area (Å²) in [7, 11) is 0. The predicted octanol–water partition coefficient (Wildman–Crippen LogP) is 2.18. The highest BCUT2D eigenvalue weighted by atomic mass is 16.5. The Kier molecular flexibility index (Phi) is 4.10. The van der Waals surface area contributed by atoms with E-state index in [0.717, 1.165) is 42.4 Å². The zero-order valence-corrected chi connectivity index (χ0v) is 11.4. The van der Waals surface area contributed by atoms with Crippen molar-refractivity contribution in [2.24, 2.45) is 0 Å². The lowest BCUT2D eigenvalue weighted by atomic mass is 9.83. The highest BCUT2D eigenvalue weighted by Crippen LogP contribution is 2.37. The van der Waals surface area contributed by atoms with Crippen LogP contribution < -0.4 is 0 Å². The summed E-state index contributed by atoms with van der Waals surface area (Å²) in [5, 5.41) is 20.2. The van der Waals surface area contributed by atoms with Gasteiger partial charge < -0.3 is 14.9 Å². The minimum absolute atomic E-state index is 0.0151. The Morgan fingerprint density at radius 1 is 1.37 bits per heavy atom. The van der Waals surface area contributed by atoms with Crippen LogP contribution in [0.25, 0.3) is 0 Å². The van der Waals surface area contributed by atoms with Gasteiger partial charge in [-0.2, -0.15) is 0 Å². The minimum Gasteiger partial charge on any atom is -0.508 e. The Labute approximate surface area is 113 Å². The lowest BCUT2D eigenvalue weighted by Crippen LogP contribution is -2.19. The zero-order valence-electron chi connectivity index (χ0n) is 11.4. The molecule has 0 aliphatic heterocycles. The molecule has 2 rings (SSSR count). The molecule has 4 nitrogen and oxygen atoms in total. The molecular weight excluding hydrogens is 244 g/mol. The highest BCUT2D eigenvalue weighted by Gasteiger charge is 2.28. The molecule has 1 aromatic rings. The second-order valence-electron chi connectivity index (χ2n) is 4.95. The molecule has 0 bridgehead atoms. The van der Waals surface area contributed by atoms with Crippen LogP contribution in [0.2, 0.25) is 0 Å². The van der Waals surface area contributed by atoms with Crippen molar-refractivity contribution in [2.45, 2.75) is 45.6 Å². The molecule has 2 N–H and O–H groups in total. The van der Waals surface area contributed by atoms with E-state index in [9.17, 15) is 15.0 Å². The van der Waals surface area contributed by atoms with Crippen LogP contribution in [-0.2, 0) is 22.4 Å². The number of hydrogen-bond donors (Lipinski definition) is 2. The monoisotopic (exact) mass is 264 g/mol. The summed E-state index contributed by atoms with van der Waals surface area (Å²) in [6.07, 6.45) is 2.44. The molecule has 0 radical (unpaired) electrons. The number of aliphatic hydroxyl groups is 1. The third kappa shape index (κ3) is 2.59. The van der Waals surface area contributed by atoms with Crippen LogP contribution in [0.15, 0.2) is 6.07 Å². The summed E-state index contributed by atoms with van der Waals surface area (Å²) in [5.41, 5.74) is 3.43. The average molecular weight is 264 g/mol. The lowest BCUT2D eigenvalue weighted by Gasteiger charge is -2.24. The summed E-state index contributed by atoms with van der Waals surface area (Å²) in [4.78, 5) is 11.7. The van der Waals surface area contributed by atoms with Crippen molar-refractivity contribution in [3.05, 3.63) is 28.3 Å². The van der Waals surface area contributed by atoms with Gasteiger partial charge in [-0.1, -0.05) is 0 Å². The smallest absolute Gasteiger partial charge is 0.339 e. The number of benzene rings is 1. The van der Waals surface area contributed by atoms with Crippen molar-refractivity contribution in [1.82, 2.24) is 0 Å². The molecule has 0 amide bonds. The standard InChI is InChI=1S/C15H20O4/c1-3-19-15(18)14(17)13-11-7-5-4-6-10(11)9(2)8-12(13)16/h8,14,16-17H,3-7H2,1-2H3. The number of ether oxygens (including phenoxy) is 1. The number of phenolic OH excluding ortho intramolecular Hbond substituents is 1. The predicted molar refractivity (Wildman–Crippen MR) is 71.1 cm³/mol. The Morgan fingerprint density at radius 3 is 2.63 bits per heavy atom. The Morgan fingerprint density at radius 2 is 2.00 bits per heavy atom. The van der Waals surface area contributed by atoms with E-state index in [-0.39, 0.29) is 12.4 Å². The van der Waals surface area contributed by atoms with E-state index >= 15 is 0 Å². The van der Waals surface area contributed by atoms with E-state index in [1.807, 2.05) is 6.92 Å². The molecule has 1 aliphatic rings. The van der Waals surface area contributed by atoms with Gasteiger partial charge >= 0.3 is 5.97 Å². The van der Waals surface area contributed by atoms with Gasteiger partial charge in [0.1, 0.15) is 5.75 Å². The topological polar surface area (TPSA) is 66.8 Å². The maximum absolute atomic E-state index is 11.7. The molecule has 0 fully saturated rings. The second-order valence-corrected chi connectivity index (χ2v) is 4.95. The van der Waals surface area contributed by atoms with Crippen LogP contribution in [0.1, 0.15) is 48.1 Å². The number of carbonyl (C=O) groups excluding carboxylic acids is 1. The Bertz CT molecular complexity index is 493. The lowest BCUT2D eigenvalue weighted by molar-refractivity contribution is -0.153. The van der Waals surface area contributed by atoms with Gasteiger partial charge in [0.05, 0.1) is 6.61 Å². The summed E-state index contributed by atoms with van der Waals surface area (Å²) in [6.45, 7) is 3.85. The number of carbonyl (C=O) groups is 1. The maximum atomic E-state index is 11.7. The fraction of sp³-hybridized carbons (Fsp3) is 0.533. The van der Waals surface area contributed by atoms with Crippen molar-refractivity contribution in [2.75, 3.05) is 6.61 Å². The van der Waals surface area contributed by atoms with E-state index in [1.54, 1.807) is 13.0 Å². The minimum atomic E-state index is -1.40. The van der Waals surface area contributed by atoms with Gasteiger partial charge in [0.2, 0.25) is 0 Å². The molecule has 4 heteroatoms. The zero-order chi connectivity index (χ0) is 14.0. The normalized spacial score (nSPS) is 15.7. The number of aryl methyl sites for hydroxylation is 1. The first-order valence-corrected chi connectivity index (χ1v) is 6.75. The summed E-state index contributed by atoms with van der Waals surface area (Å²) >= 11 is 0. The molecule has 0 saturated carbocycles. The van der Waals surface area contributed by atoms with Crippen LogP contribution in [-0.4, -0.2) is 22.8 Å². The van der Waals surface area contributed by atoms with Crippen LogP contribution >= 0.6 is 0 Å². The molecule has 0 spiro atoms. The molecule has 104 valence electrons. The van der Waals surface area contributed by atoms with Crippen LogP contribution in [0, 0.1) is 6.92 Å². The number of aromatic hydroxyl groups is 1. The summed E-state index contributed by atoms with van der Waals surface area (Å²) < 4.78 is 4.83. The molecule has 0 heterocycles. The van der Waals surface area contributed by atoms with Crippen molar-refractivity contribution in [1.29, 1.82) is 0 Å². The fourth-order valence-corrected chi connectivity index (χ4v) is 2.81. The van der Waals surface area contributed by atoms with Gasteiger partial charge in [-0.15, -0.1) is 0 Å². The number of hydrogen-bond acceptors (Lipinski definition) is 4. The van der Waals surface area contributed by atoms with Crippen LogP contribution in [0.4, 0.5) is 0 Å². The molecule has 1 aliphatic carbocycles. The van der Waals surface area contributed by atoms with Gasteiger partial charge in [0.25, 0.3) is 0 Å². The second kappa shape index (κ2) is 5.61. The molecule has 0 saturated heterocycles. The third-order valence-corrected chi connectivity index (χ3v) is 3.68. The summed E-state index contributed by atoms with van der Waals surface area (Å²) in [5.74, 6) is -0.715. The largest absolute Gasteiger partial charge is 0.508 e. The molecule has 19 heavy (non-hydrogen) atoms. The van der Waals surface area contributed by atoms with Gasteiger partial charge in [-0.3, -0.25) is 0 Å². The number of esters is 1. The van der Waals surface area contributed by atoms with Gasteiger partial charge in [-0.05, 0) is 62.3 Å². The Hall–Kier alpha value is -1.55. The first-order chi connectivity index (χ1) is 9.06. The number of rotatable bonds is 3. The molecule has 0 aromatic heterocycles. The average Bonchev–Trinajstić information content (AvgIpc) is 2.39. The number of aliphatic hydroxyl groups excluding tert-OH is 1. The highest BCUT2D eigenvalue weighted by molar-refractivity contribution is 5.78. The first kappa shape index (κ1) is 13.9. The van der Waals surface area contributed by atoms with E-state index in [0.29, 0.717) is 5.56 Å². The molecule has 1 aromatic carbocycles. The van der Waals surface area contributed by atoms with Gasteiger partial charge in [0, 0.05) is 5.56 Å². The quantitative estimate of drug-likeness (QED) is 0.821. The molecular formula is C15H20O4. The van der Waals surface area contributed by atoms with E-state index in [2.05, 4.69) is 0 Å². The number of phenols is 1. The molecule has 1 unspecified atom stereocenters. The van der Waals surface area contributed by atoms with Crippen LogP contribution in [0.3, 0.4) is 0 Å².